The lowest BCUT2D eigenvalue weighted by atomic mass is 10.1. The molecule has 5 nitrogen and oxygen atoms in total. The Bertz CT molecular complexity index is 648. The summed E-state index contributed by atoms with van der Waals surface area (Å²) in [6, 6.07) is 18.2. The molecule has 0 heterocycles. The largest absolute Gasteiger partial charge is 0.492 e. The molecule has 0 aliphatic rings. The van der Waals surface area contributed by atoms with Crippen LogP contribution in [-0.2, 0) is 17.9 Å². The summed E-state index contributed by atoms with van der Waals surface area (Å²) < 4.78 is 11.1. The molecule has 2 rings (SSSR count). The lowest BCUT2D eigenvalue weighted by molar-refractivity contribution is 0.134. The number of nitrogens with one attached hydrogen (secondary N) is 2. The number of guanidine groups is 1. The molecule has 2 N–H and O–H groups in total. The van der Waals surface area contributed by atoms with Gasteiger partial charge < -0.3 is 20.1 Å². The topological polar surface area (TPSA) is 54.9 Å². The molecule has 0 atom stereocenters. The minimum absolute atomic E-state index is 0. The van der Waals surface area contributed by atoms with Crippen molar-refractivity contribution in [3.8, 4) is 5.75 Å². The summed E-state index contributed by atoms with van der Waals surface area (Å²) in [4.78, 5) is 4.63. The van der Waals surface area contributed by atoms with E-state index in [1.807, 2.05) is 37.3 Å². The van der Waals surface area contributed by atoms with Crippen LogP contribution in [0.1, 0.15) is 25.0 Å². The van der Waals surface area contributed by atoms with Crippen molar-refractivity contribution < 1.29 is 9.47 Å². The van der Waals surface area contributed by atoms with Gasteiger partial charge in [0, 0.05) is 13.2 Å². The first kappa shape index (κ1) is 23.2. The lowest BCUT2D eigenvalue weighted by Crippen LogP contribution is -2.39. The standard InChI is InChI=1S/C21H29N3O2.HI/c1-3-22-21(23-14-15-26-20-8-6-5-7-9-20)24-16-18-10-12-19(13-11-18)17-25-4-2;/h5-13H,3-4,14-17H2,1-2H3,(H2,22,23,24);1H. The van der Waals surface area contributed by atoms with Crippen molar-refractivity contribution in [2.24, 2.45) is 4.99 Å². The Morgan fingerprint density at radius 1 is 0.926 bits per heavy atom. The molecule has 0 aliphatic heterocycles. The highest BCUT2D eigenvalue weighted by molar-refractivity contribution is 14.0. The van der Waals surface area contributed by atoms with Crippen LogP contribution in [0.2, 0.25) is 0 Å². The Labute approximate surface area is 179 Å². The highest BCUT2D eigenvalue weighted by atomic mass is 127. The van der Waals surface area contributed by atoms with Gasteiger partial charge in [0.2, 0.25) is 0 Å². The summed E-state index contributed by atoms with van der Waals surface area (Å²) in [5.41, 5.74) is 2.35. The Morgan fingerprint density at radius 2 is 1.63 bits per heavy atom. The SMILES string of the molecule is CCNC(=NCc1ccc(COCC)cc1)NCCOc1ccccc1.I. The number of hydrogen-bond acceptors (Lipinski definition) is 3. The Kier molecular flexibility index (Phi) is 12.3. The minimum Gasteiger partial charge on any atom is -0.492 e. The van der Waals surface area contributed by atoms with Gasteiger partial charge in [-0.05, 0) is 37.1 Å². The fraction of sp³-hybridized carbons (Fsp3) is 0.381. The molecule has 0 fully saturated rings. The molecule has 0 bridgehead atoms. The minimum atomic E-state index is 0. The molecule has 2 aromatic rings. The van der Waals surface area contributed by atoms with Gasteiger partial charge in [-0.2, -0.15) is 0 Å². The third-order valence-corrected chi connectivity index (χ3v) is 3.67. The van der Waals surface area contributed by atoms with E-state index in [2.05, 4.69) is 46.8 Å². The van der Waals surface area contributed by atoms with Crippen molar-refractivity contribution in [2.75, 3.05) is 26.3 Å². The molecule has 148 valence electrons. The average molecular weight is 483 g/mol. The highest BCUT2D eigenvalue weighted by Crippen LogP contribution is 2.08. The van der Waals surface area contributed by atoms with Gasteiger partial charge in [-0.1, -0.05) is 42.5 Å². The van der Waals surface area contributed by atoms with Crippen LogP contribution in [0, 0.1) is 0 Å². The van der Waals surface area contributed by atoms with E-state index in [-0.39, 0.29) is 24.0 Å². The molecule has 0 saturated carbocycles. The van der Waals surface area contributed by atoms with Crippen LogP contribution in [-0.4, -0.2) is 32.3 Å². The Morgan fingerprint density at radius 3 is 2.30 bits per heavy atom. The van der Waals surface area contributed by atoms with Gasteiger partial charge in [0.05, 0.1) is 19.7 Å². The number of halogens is 1. The lowest BCUT2D eigenvalue weighted by Gasteiger charge is -2.12. The predicted molar refractivity (Wildman–Crippen MR) is 122 cm³/mol. The second-order valence-corrected chi connectivity index (χ2v) is 5.74. The number of aliphatic imine (C=N–C) groups is 1. The van der Waals surface area contributed by atoms with Gasteiger partial charge in [0.1, 0.15) is 12.4 Å². The maximum atomic E-state index is 5.69. The van der Waals surface area contributed by atoms with Crippen molar-refractivity contribution in [3.05, 3.63) is 65.7 Å². The van der Waals surface area contributed by atoms with Crippen LogP contribution < -0.4 is 15.4 Å². The molecule has 2 aromatic carbocycles. The van der Waals surface area contributed by atoms with Crippen LogP contribution in [0.15, 0.2) is 59.6 Å². The van der Waals surface area contributed by atoms with Crippen molar-refractivity contribution in [1.29, 1.82) is 0 Å². The monoisotopic (exact) mass is 483 g/mol. The van der Waals surface area contributed by atoms with Gasteiger partial charge in [-0.15, -0.1) is 24.0 Å². The number of benzene rings is 2. The van der Waals surface area contributed by atoms with E-state index in [0.717, 1.165) is 24.9 Å². The Hall–Kier alpha value is -1.80. The predicted octanol–water partition coefficient (Wildman–Crippen LogP) is 3.98. The van der Waals surface area contributed by atoms with Crippen LogP contribution in [0.25, 0.3) is 0 Å². The van der Waals surface area contributed by atoms with E-state index in [9.17, 15) is 0 Å². The van der Waals surface area contributed by atoms with E-state index in [1.165, 1.54) is 11.1 Å². The van der Waals surface area contributed by atoms with E-state index < -0.39 is 0 Å². The fourth-order valence-corrected chi connectivity index (χ4v) is 2.33. The van der Waals surface area contributed by atoms with Crippen LogP contribution in [0.4, 0.5) is 0 Å². The second kappa shape index (κ2) is 14.3. The van der Waals surface area contributed by atoms with E-state index in [0.29, 0.717) is 26.3 Å². The van der Waals surface area contributed by atoms with Crippen molar-refractivity contribution >= 4 is 29.9 Å². The summed E-state index contributed by atoms with van der Waals surface area (Å²) in [6.07, 6.45) is 0. The third kappa shape index (κ3) is 9.63. The average Bonchev–Trinajstić information content (AvgIpc) is 2.69. The number of para-hydroxylation sites is 1. The molecule has 0 saturated heterocycles. The molecule has 0 aliphatic carbocycles. The zero-order valence-electron chi connectivity index (χ0n) is 16.1. The maximum absolute atomic E-state index is 5.69. The zero-order valence-corrected chi connectivity index (χ0v) is 18.4. The van der Waals surface area contributed by atoms with Gasteiger partial charge >= 0.3 is 0 Å². The van der Waals surface area contributed by atoms with E-state index in [1.54, 1.807) is 0 Å². The first-order valence-electron chi connectivity index (χ1n) is 9.17. The summed E-state index contributed by atoms with van der Waals surface area (Å²) in [5.74, 6) is 1.67. The number of rotatable bonds is 10. The number of ether oxygens (including phenoxy) is 2. The molecule has 0 radical (unpaired) electrons. The van der Waals surface area contributed by atoms with Crippen LogP contribution in [0.3, 0.4) is 0 Å². The molecular weight excluding hydrogens is 453 g/mol. The van der Waals surface area contributed by atoms with E-state index in [4.69, 9.17) is 9.47 Å². The van der Waals surface area contributed by atoms with Crippen LogP contribution in [0.5, 0.6) is 5.75 Å². The molecule has 0 unspecified atom stereocenters. The van der Waals surface area contributed by atoms with Crippen molar-refractivity contribution in [2.45, 2.75) is 27.0 Å². The van der Waals surface area contributed by atoms with Gasteiger partial charge in [0.25, 0.3) is 0 Å². The second-order valence-electron chi connectivity index (χ2n) is 5.74. The molecule has 6 heteroatoms. The third-order valence-electron chi connectivity index (χ3n) is 3.67. The number of nitrogens with zero attached hydrogens (tertiary/aromatic N) is 1. The Balaban J connectivity index is 0.00000364. The molecule has 0 spiro atoms. The van der Waals surface area contributed by atoms with E-state index >= 15 is 0 Å². The van der Waals surface area contributed by atoms with Crippen molar-refractivity contribution in [1.82, 2.24) is 10.6 Å². The molecule has 0 aromatic heterocycles. The van der Waals surface area contributed by atoms with Crippen LogP contribution >= 0.6 is 24.0 Å². The number of hydrogen-bond donors (Lipinski definition) is 2. The highest BCUT2D eigenvalue weighted by Gasteiger charge is 1.99. The molecule has 0 amide bonds. The first-order valence-corrected chi connectivity index (χ1v) is 9.17. The van der Waals surface area contributed by atoms with Gasteiger partial charge in [0.15, 0.2) is 5.96 Å². The summed E-state index contributed by atoms with van der Waals surface area (Å²) in [5, 5.41) is 6.55. The quantitative estimate of drug-likeness (QED) is 0.233. The summed E-state index contributed by atoms with van der Waals surface area (Å²) in [7, 11) is 0. The molecule has 27 heavy (non-hydrogen) atoms. The zero-order chi connectivity index (χ0) is 18.5. The van der Waals surface area contributed by atoms with Crippen molar-refractivity contribution in [3.63, 3.8) is 0 Å². The van der Waals surface area contributed by atoms with Gasteiger partial charge in [-0.3, -0.25) is 0 Å². The van der Waals surface area contributed by atoms with Gasteiger partial charge in [-0.25, -0.2) is 4.99 Å². The molecular formula is C21H30IN3O2. The smallest absolute Gasteiger partial charge is 0.191 e. The maximum Gasteiger partial charge on any atom is 0.191 e. The normalized spacial score (nSPS) is 10.8. The first-order chi connectivity index (χ1) is 12.8. The fourth-order valence-electron chi connectivity index (χ4n) is 2.33. The summed E-state index contributed by atoms with van der Waals surface area (Å²) >= 11 is 0. The summed E-state index contributed by atoms with van der Waals surface area (Å²) in [6.45, 7) is 8.17.